The topological polar surface area (TPSA) is 220 Å². The van der Waals surface area contributed by atoms with E-state index in [-0.39, 0.29) is 30.8 Å². The first kappa shape index (κ1) is 57.9. The molecule has 0 radical (unpaired) electrons. The fourth-order valence-corrected chi connectivity index (χ4v) is 8.48. The molecule has 0 saturated heterocycles. The lowest BCUT2D eigenvalue weighted by Crippen LogP contribution is -2.44. The van der Waals surface area contributed by atoms with Gasteiger partial charge in [-0.1, -0.05) is 93.1 Å². The third-order valence-corrected chi connectivity index (χ3v) is 12.2. The summed E-state index contributed by atoms with van der Waals surface area (Å²) in [7, 11) is 0. The van der Waals surface area contributed by atoms with Gasteiger partial charge in [0.2, 0.25) is 0 Å². The Kier molecular flexibility index (Phi) is 18.5. The van der Waals surface area contributed by atoms with Crippen molar-refractivity contribution < 1.29 is 75.2 Å². The molecule has 2 aliphatic rings. The van der Waals surface area contributed by atoms with Crippen molar-refractivity contribution in [2.24, 2.45) is 0 Å². The van der Waals surface area contributed by atoms with E-state index in [1.807, 2.05) is 6.07 Å². The van der Waals surface area contributed by atoms with Gasteiger partial charge in [0.25, 0.3) is 0 Å². The van der Waals surface area contributed by atoms with Gasteiger partial charge in [-0.25, -0.2) is 9.59 Å². The number of aryl methyl sites for hydroxylation is 2. The first-order valence-electron chi connectivity index (χ1n) is 24.2. The second-order valence-corrected chi connectivity index (χ2v) is 18.2. The maximum atomic E-state index is 12.9. The van der Waals surface area contributed by atoms with Crippen LogP contribution in [0.3, 0.4) is 0 Å². The van der Waals surface area contributed by atoms with Crippen LogP contribution in [0.4, 0.5) is 58.7 Å². The van der Waals surface area contributed by atoms with Gasteiger partial charge in [-0.3, -0.25) is 19.2 Å². The van der Waals surface area contributed by atoms with E-state index in [4.69, 9.17) is 9.84 Å². The van der Waals surface area contributed by atoms with E-state index in [1.54, 1.807) is 85.8 Å². The van der Waals surface area contributed by atoms with Crippen LogP contribution in [0.25, 0.3) is 22.3 Å². The van der Waals surface area contributed by atoms with Gasteiger partial charge in [0.15, 0.2) is 11.6 Å². The zero-order chi connectivity index (χ0) is 56.3. The zero-order valence-corrected chi connectivity index (χ0v) is 41.8. The standard InChI is InChI=1S/C28H25F3N2O5.C26H21F3N2O5.C3H8/c1-2-38-24(34)16-27(37)13-12-19-14-18(8-11-23(19)25(27)35)17-6-9-21(10-7-17)32-26(36)33-22-5-3-4-20(15-22)28(29,30)31;27-26(28,29)18-2-1-3-20(13-18)31-24(35)30-19-7-4-15(5-8-19)16-6-9-21-17(12-16)10-11-25(36,23(21)34)14-22(32)33;1-3-2/h3-11,14-15,37H,2,12-13,16H2,1H3,(H2,32,33,36);1-9,12-13,36H,10-11,14H2,(H,32,33)(H2,30,31,35);3H2,1-2H3. The van der Waals surface area contributed by atoms with Crippen LogP contribution in [-0.2, 0) is 39.5 Å². The quantitative estimate of drug-likeness (QED) is 0.0480. The second-order valence-electron chi connectivity index (χ2n) is 18.2. The molecule has 0 fully saturated rings. The Morgan fingerprint density at radius 1 is 0.519 bits per heavy atom. The average molecular weight is 1070 g/mol. The molecule has 0 bridgehead atoms. The molecule has 6 aromatic carbocycles. The molecule has 8 rings (SSSR count). The van der Waals surface area contributed by atoms with E-state index in [1.165, 1.54) is 30.7 Å². The van der Waals surface area contributed by atoms with Gasteiger partial charge >= 0.3 is 36.4 Å². The molecule has 4 amide bonds. The number of alkyl halides is 6. The van der Waals surface area contributed by atoms with Crippen LogP contribution >= 0.6 is 0 Å². The number of esters is 1. The Balaban J connectivity index is 0.000000238. The smallest absolute Gasteiger partial charge is 0.416 e. The summed E-state index contributed by atoms with van der Waals surface area (Å²) in [5.74, 6) is -2.99. The summed E-state index contributed by atoms with van der Waals surface area (Å²) in [6, 6.07) is 31.0. The number of urea groups is 2. The monoisotopic (exact) mass is 1070 g/mol. The number of ketones is 2. The normalized spacial score (nSPS) is 16.7. The Labute approximate surface area is 438 Å². The van der Waals surface area contributed by atoms with E-state index in [2.05, 4.69) is 35.1 Å². The lowest BCUT2D eigenvalue weighted by atomic mass is 9.77. The summed E-state index contributed by atoms with van der Waals surface area (Å²) in [5, 5.41) is 40.1. The SMILES string of the molecule is CCC.CCOC(=O)CC1(O)CCc2cc(-c3ccc(NC(=O)Nc4cccc(C(F)(F)F)c4)cc3)ccc2C1=O.O=C(O)CC1(O)CCc2cc(-c3ccc(NC(=O)Nc4cccc(C(F)(F)F)c4)cc3)ccc2C1=O. The van der Waals surface area contributed by atoms with Crippen LogP contribution in [0, 0.1) is 0 Å². The minimum Gasteiger partial charge on any atom is -0.481 e. The van der Waals surface area contributed by atoms with E-state index in [9.17, 15) is 65.3 Å². The number of rotatable bonds is 11. The fraction of sp³-hybridized carbons (Fsp3) is 0.263. The Morgan fingerprint density at radius 2 is 0.883 bits per heavy atom. The van der Waals surface area contributed by atoms with Crippen molar-refractivity contribution in [3.05, 3.63) is 167 Å². The minimum absolute atomic E-state index is 0.00203. The Morgan fingerprint density at radius 3 is 1.25 bits per heavy atom. The summed E-state index contributed by atoms with van der Waals surface area (Å²) < 4.78 is 82.0. The second kappa shape index (κ2) is 24.5. The maximum absolute atomic E-state index is 12.9. The van der Waals surface area contributed by atoms with Crippen LogP contribution in [0.2, 0.25) is 0 Å². The number of carbonyl (C=O) groups is 6. The number of aliphatic hydroxyl groups is 2. The predicted molar refractivity (Wildman–Crippen MR) is 277 cm³/mol. The summed E-state index contributed by atoms with van der Waals surface area (Å²) in [4.78, 5) is 72.9. The van der Waals surface area contributed by atoms with E-state index >= 15 is 0 Å². The summed E-state index contributed by atoms with van der Waals surface area (Å²) in [6.45, 7) is 6.07. The number of aliphatic carboxylic acids is 1. The lowest BCUT2D eigenvalue weighted by Gasteiger charge is -2.31. The number of ether oxygens (including phenoxy) is 1. The molecule has 0 aromatic heterocycles. The number of carboxylic acid groups (broad SMARTS) is 1. The highest BCUT2D eigenvalue weighted by molar-refractivity contribution is 6.07. The lowest BCUT2D eigenvalue weighted by molar-refractivity contribution is -0.147. The molecule has 20 heteroatoms. The molecule has 6 aromatic rings. The largest absolute Gasteiger partial charge is 0.481 e. The van der Waals surface area contributed by atoms with Crippen molar-refractivity contribution in [2.45, 2.75) is 89.3 Å². The fourth-order valence-electron chi connectivity index (χ4n) is 8.48. The number of carbonyl (C=O) groups excluding carboxylic acids is 5. The van der Waals surface area contributed by atoms with E-state index < -0.39 is 83.1 Å². The molecule has 0 spiro atoms. The molecule has 0 saturated carbocycles. The molecule has 0 heterocycles. The van der Waals surface area contributed by atoms with Gasteiger partial charge in [-0.05, 0) is 127 Å². The summed E-state index contributed by atoms with van der Waals surface area (Å²) in [6.07, 6.45) is -7.97. The van der Waals surface area contributed by atoms with E-state index in [0.29, 0.717) is 40.9 Å². The van der Waals surface area contributed by atoms with Crippen molar-refractivity contribution in [1.82, 2.24) is 0 Å². The highest BCUT2D eigenvalue weighted by Crippen LogP contribution is 2.37. The molecule has 404 valence electrons. The zero-order valence-electron chi connectivity index (χ0n) is 41.8. The summed E-state index contributed by atoms with van der Waals surface area (Å²) in [5.41, 5.74) is 0.682. The van der Waals surface area contributed by atoms with Gasteiger partial charge in [0.1, 0.15) is 11.2 Å². The number of carboxylic acids is 1. The van der Waals surface area contributed by atoms with Crippen LogP contribution < -0.4 is 21.3 Å². The number of benzene rings is 6. The molecule has 2 unspecified atom stereocenters. The Bertz CT molecular complexity index is 3150. The van der Waals surface area contributed by atoms with Crippen molar-refractivity contribution in [3.8, 4) is 22.3 Å². The number of hydrogen-bond donors (Lipinski definition) is 7. The first-order chi connectivity index (χ1) is 36.3. The van der Waals surface area contributed by atoms with Gasteiger partial charge in [0.05, 0.1) is 30.6 Å². The number of fused-ring (bicyclic) bond motifs is 2. The van der Waals surface area contributed by atoms with Crippen LogP contribution in [0.5, 0.6) is 0 Å². The van der Waals surface area contributed by atoms with Gasteiger partial charge in [-0.15, -0.1) is 0 Å². The molecule has 2 aliphatic carbocycles. The molecule has 2 atom stereocenters. The van der Waals surface area contributed by atoms with Crippen molar-refractivity contribution in [2.75, 3.05) is 27.9 Å². The highest BCUT2D eigenvalue weighted by Gasteiger charge is 2.44. The van der Waals surface area contributed by atoms with Crippen LogP contribution in [-0.4, -0.2) is 68.7 Å². The molecule has 0 aliphatic heterocycles. The van der Waals surface area contributed by atoms with Gasteiger partial charge in [0, 0.05) is 33.9 Å². The van der Waals surface area contributed by atoms with Crippen LogP contribution in [0.15, 0.2) is 133 Å². The third-order valence-electron chi connectivity index (χ3n) is 12.2. The number of halogens is 6. The molecular weight excluding hydrogens is 1010 g/mol. The molecular formula is C57H54F6N4O10. The number of Topliss-reactive ketones (excluding diaryl/α,β-unsaturated/α-hetero) is 2. The molecule has 77 heavy (non-hydrogen) atoms. The average Bonchev–Trinajstić information content (AvgIpc) is 3.38. The van der Waals surface area contributed by atoms with Crippen molar-refractivity contribution in [3.63, 3.8) is 0 Å². The molecule has 14 nitrogen and oxygen atoms in total. The number of anilines is 4. The highest BCUT2D eigenvalue weighted by atomic mass is 19.4. The molecule has 7 N–H and O–H groups in total. The minimum atomic E-state index is -4.52. The van der Waals surface area contributed by atoms with Gasteiger partial charge < -0.3 is 41.3 Å². The van der Waals surface area contributed by atoms with Crippen molar-refractivity contribution in [1.29, 1.82) is 0 Å². The first-order valence-corrected chi connectivity index (χ1v) is 24.2. The van der Waals surface area contributed by atoms with Crippen molar-refractivity contribution >= 4 is 58.3 Å². The number of amides is 4. The Hall–Kier alpha value is -8.36. The van der Waals surface area contributed by atoms with E-state index in [0.717, 1.165) is 52.1 Å². The number of nitrogens with one attached hydrogen (secondary N) is 4. The van der Waals surface area contributed by atoms with Gasteiger partial charge in [-0.2, -0.15) is 26.3 Å². The third kappa shape index (κ3) is 15.2. The summed E-state index contributed by atoms with van der Waals surface area (Å²) >= 11 is 0. The maximum Gasteiger partial charge on any atom is 0.416 e. The predicted octanol–water partition coefficient (Wildman–Crippen LogP) is 12.6. The van der Waals surface area contributed by atoms with Crippen LogP contribution in [0.1, 0.15) is 95.8 Å². The number of hydrogen-bond acceptors (Lipinski definition) is 9.